The van der Waals surface area contributed by atoms with Crippen LogP contribution in [0.4, 0.5) is 0 Å². The zero-order valence-corrected chi connectivity index (χ0v) is 38.7. The van der Waals surface area contributed by atoms with Crippen LogP contribution < -0.4 is 10.6 Å². The van der Waals surface area contributed by atoms with E-state index in [4.69, 9.17) is 23.4 Å². The van der Waals surface area contributed by atoms with Crippen molar-refractivity contribution in [3.8, 4) is 0 Å². The summed E-state index contributed by atoms with van der Waals surface area (Å²) < 4.78 is 33.8. The molecule has 0 bridgehead atoms. The Kier molecular flexibility index (Phi) is 10.6. The van der Waals surface area contributed by atoms with Crippen LogP contribution in [0, 0.1) is 57.7 Å². The number of aliphatic hydroxyl groups excluding tert-OH is 1. The van der Waals surface area contributed by atoms with Crippen molar-refractivity contribution < 1.29 is 42.9 Å². The van der Waals surface area contributed by atoms with E-state index in [9.17, 15) is 14.7 Å². The number of nitrogens with one attached hydrogen (secondary N) is 2. The third-order valence-electron chi connectivity index (χ3n) is 20.7. The van der Waals surface area contributed by atoms with E-state index in [2.05, 4.69) is 54.8 Å². The third kappa shape index (κ3) is 6.18. The molecule has 14 unspecified atom stereocenters. The number of benzene rings is 1. The van der Waals surface area contributed by atoms with Crippen molar-refractivity contribution >= 4 is 17.7 Å². The molecule has 3 N–H and O–H groups in total. The van der Waals surface area contributed by atoms with Crippen molar-refractivity contribution in [1.82, 2.24) is 10.6 Å². The van der Waals surface area contributed by atoms with Crippen LogP contribution in [-0.2, 0) is 46.2 Å². The van der Waals surface area contributed by atoms with Gasteiger partial charge < -0.3 is 39.1 Å². The highest BCUT2D eigenvalue weighted by Gasteiger charge is 2.93. The maximum atomic E-state index is 16.1. The summed E-state index contributed by atoms with van der Waals surface area (Å²) in [6.45, 7) is 6.40. The SMILES string of the molecule is CC1(C2CCCCC2)OC2CC(=O)OCC23C1C(=O)C(O)C1(C2CCCC(Cc4ccccc4)C2)C3CCC2(C)C(c3ccoc3CCC3CCC(C4CNCN4)CC3)OC(=O)C3OC321. The number of Topliss-reactive ketones (excluding diaryl/α,β-unsaturated/α-hetero) is 1. The van der Waals surface area contributed by atoms with Gasteiger partial charge >= 0.3 is 11.9 Å². The normalized spacial score (nSPS) is 47.1. The van der Waals surface area contributed by atoms with E-state index in [1.807, 2.05) is 6.07 Å². The Morgan fingerprint density at radius 2 is 1.63 bits per heavy atom. The second-order valence-electron chi connectivity index (χ2n) is 23.3. The molecule has 65 heavy (non-hydrogen) atoms. The van der Waals surface area contributed by atoms with Crippen molar-refractivity contribution in [2.45, 2.75) is 178 Å². The van der Waals surface area contributed by atoms with Gasteiger partial charge in [-0.2, -0.15) is 0 Å². The Balaban J connectivity index is 0.942. The Bertz CT molecular complexity index is 2140. The summed E-state index contributed by atoms with van der Waals surface area (Å²) in [5.41, 5.74) is -2.66. The van der Waals surface area contributed by atoms with Gasteiger partial charge in [0.2, 0.25) is 0 Å². The van der Waals surface area contributed by atoms with E-state index < -0.39 is 63.8 Å². The van der Waals surface area contributed by atoms with Crippen LogP contribution in [0.1, 0.15) is 146 Å². The number of esters is 2. The van der Waals surface area contributed by atoms with Gasteiger partial charge in [0.1, 0.15) is 30.2 Å². The predicted octanol–water partition coefficient (Wildman–Crippen LogP) is 7.96. The van der Waals surface area contributed by atoms with Crippen molar-refractivity contribution in [3.63, 3.8) is 0 Å². The lowest BCUT2D eigenvalue weighted by molar-refractivity contribution is -0.276. The lowest BCUT2D eigenvalue weighted by atomic mass is 9.32. The number of carbonyl (C=O) groups is 3. The number of cyclic esters (lactones) is 2. The first kappa shape index (κ1) is 43.2. The average molecular weight is 893 g/mol. The number of aliphatic hydroxyl groups is 1. The molecule has 2 aromatic rings. The van der Waals surface area contributed by atoms with Crippen LogP contribution >= 0.6 is 0 Å². The quantitative estimate of drug-likeness (QED) is 0.166. The molecule has 11 nitrogen and oxygen atoms in total. The van der Waals surface area contributed by atoms with Crippen molar-refractivity contribution in [1.29, 1.82) is 0 Å². The monoisotopic (exact) mass is 893 g/mol. The molecular formula is C54H72N2O9. The molecule has 0 radical (unpaired) electrons. The highest BCUT2D eigenvalue weighted by Crippen LogP contribution is 2.83. The Morgan fingerprint density at radius 1 is 0.831 bits per heavy atom. The number of furan rings is 1. The summed E-state index contributed by atoms with van der Waals surface area (Å²) in [4.78, 5) is 44.4. The molecule has 5 aliphatic carbocycles. The largest absolute Gasteiger partial charge is 0.469 e. The minimum Gasteiger partial charge on any atom is -0.469 e. The maximum Gasteiger partial charge on any atom is 0.339 e. The average Bonchev–Trinajstić information content (AvgIpc) is 3.59. The molecular weight excluding hydrogens is 821 g/mol. The molecule has 1 aromatic carbocycles. The van der Waals surface area contributed by atoms with Gasteiger partial charge in [0, 0.05) is 47.5 Å². The van der Waals surface area contributed by atoms with Gasteiger partial charge in [0.05, 0.1) is 30.3 Å². The highest BCUT2D eigenvalue weighted by atomic mass is 16.7. The molecule has 12 rings (SSSR count). The minimum absolute atomic E-state index is 0.0850. The van der Waals surface area contributed by atoms with Crippen molar-refractivity contribution in [3.05, 3.63) is 59.5 Å². The molecule has 0 amide bonds. The van der Waals surface area contributed by atoms with Gasteiger partial charge in [-0.3, -0.25) is 9.59 Å². The van der Waals surface area contributed by atoms with Crippen LogP contribution in [0.3, 0.4) is 0 Å². The first-order chi connectivity index (χ1) is 31.5. The van der Waals surface area contributed by atoms with Crippen LogP contribution in [0.5, 0.6) is 0 Å². The summed E-state index contributed by atoms with van der Waals surface area (Å²) in [6, 6.07) is 13.2. The van der Waals surface area contributed by atoms with Crippen LogP contribution in [-0.4, -0.2) is 78.2 Å². The van der Waals surface area contributed by atoms with E-state index in [1.54, 1.807) is 6.26 Å². The van der Waals surface area contributed by atoms with Gasteiger partial charge in [-0.15, -0.1) is 0 Å². The molecule has 5 saturated carbocycles. The van der Waals surface area contributed by atoms with Gasteiger partial charge in [-0.1, -0.05) is 82.2 Å². The first-order valence-corrected chi connectivity index (χ1v) is 26.0. The molecule has 6 heterocycles. The molecule has 5 aliphatic heterocycles. The molecule has 5 saturated heterocycles. The number of fused-ring (bicyclic) bond motifs is 1. The van der Waals surface area contributed by atoms with Gasteiger partial charge in [0.15, 0.2) is 11.9 Å². The molecule has 352 valence electrons. The van der Waals surface area contributed by atoms with Gasteiger partial charge in [-0.25, -0.2) is 4.79 Å². The fourth-order valence-electron chi connectivity index (χ4n) is 17.9. The zero-order chi connectivity index (χ0) is 44.3. The maximum absolute atomic E-state index is 16.1. The molecule has 14 atom stereocenters. The Morgan fingerprint density at radius 3 is 2.42 bits per heavy atom. The van der Waals surface area contributed by atoms with Gasteiger partial charge in [0.25, 0.3) is 0 Å². The second kappa shape index (κ2) is 16.0. The summed E-state index contributed by atoms with van der Waals surface area (Å²) in [7, 11) is 0. The summed E-state index contributed by atoms with van der Waals surface area (Å²) in [5.74, 6) is 0.692. The standard InChI is InChI=1S/C54H72N2O9/c1-50-24-22-41-52-30-62-43(57)28-42(52)64-51(2,36-13-7-4-8-14-36)45(52)44(58)46(59)53(41,37-15-9-12-34(27-37)26-33-10-5-3-6-11-33)54(50)48(65-54)49(60)63-47(50)38-23-25-61-40(38)21-18-32-16-19-35(20-17-32)39-29-55-31-56-39/h3,5-6,10-11,23,25,32,34-37,39,41-42,45-48,55-56,59H,4,7-9,12-22,24,26-31H2,1-2H3. The Hall–Kier alpha value is -3.09. The lowest BCUT2D eigenvalue weighted by Gasteiger charge is -2.70. The minimum atomic E-state index is -1.39. The van der Waals surface area contributed by atoms with E-state index in [1.165, 1.54) is 31.2 Å². The fraction of sp³-hybridized carbons (Fsp3) is 0.759. The van der Waals surface area contributed by atoms with Crippen molar-refractivity contribution in [2.75, 3.05) is 19.8 Å². The molecule has 2 spiro atoms. The topological polar surface area (TPSA) is 149 Å². The predicted molar refractivity (Wildman–Crippen MR) is 240 cm³/mol. The number of hydrogen-bond acceptors (Lipinski definition) is 11. The first-order valence-electron chi connectivity index (χ1n) is 26.0. The number of epoxide rings is 1. The number of ether oxygens (including phenoxy) is 4. The van der Waals surface area contributed by atoms with Gasteiger partial charge in [-0.05, 0) is 118 Å². The number of hydrogen-bond donors (Lipinski definition) is 3. The fourth-order valence-corrected chi connectivity index (χ4v) is 17.9. The van der Waals surface area contributed by atoms with E-state index >= 15 is 4.79 Å². The highest BCUT2D eigenvalue weighted by molar-refractivity contribution is 5.92. The van der Waals surface area contributed by atoms with E-state index in [0.29, 0.717) is 30.7 Å². The van der Waals surface area contributed by atoms with Crippen LogP contribution in [0.25, 0.3) is 0 Å². The lowest BCUT2D eigenvalue weighted by Crippen LogP contribution is -2.79. The Labute approximate surface area is 384 Å². The summed E-state index contributed by atoms with van der Waals surface area (Å²) >= 11 is 0. The number of rotatable bonds is 9. The summed E-state index contributed by atoms with van der Waals surface area (Å²) in [6.07, 6.45) is 16.1. The molecule has 11 heteroatoms. The zero-order valence-electron chi connectivity index (χ0n) is 38.7. The molecule has 10 aliphatic rings. The van der Waals surface area contributed by atoms with Crippen molar-refractivity contribution in [2.24, 2.45) is 57.7 Å². The second-order valence-corrected chi connectivity index (χ2v) is 23.3. The summed E-state index contributed by atoms with van der Waals surface area (Å²) in [5, 5.41) is 20.8. The third-order valence-corrected chi connectivity index (χ3v) is 20.7. The molecule has 1 aromatic heterocycles. The number of ketones is 1. The van der Waals surface area contributed by atoms with E-state index in [-0.39, 0.29) is 42.5 Å². The van der Waals surface area contributed by atoms with E-state index in [0.717, 1.165) is 108 Å². The number of carbonyl (C=O) groups excluding carboxylic acids is 3. The van der Waals surface area contributed by atoms with Crippen LogP contribution in [0.15, 0.2) is 47.1 Å². The smallest absolute Gasteiger partial charge is 0.339 e. The number of aryl methyl sites for hydroxylation is 1. The van der Waals surface area contributed by atoms with Crippen LogP contribution in [0.2, 0.25) is 0 Å². The molecule has 10 fully saturated rings.